The Bertz CT molecular complexity index is 714. The highest BCUT2D eigenvalue weighted by Gasteiger charge is 2.34. The van der Waals surface area contributed by atoms with Crippen molar-refractivity contribution in [3.63, 3.8) is 0 Å². The number of rotatable bonds is 5. The lowest BCUT2D eigenvalue weighted by Crippen LogP contribution is -3.15. The van der Waals surface area contributed by atoms with E-state index in [9.17, 15) is 14.4 Å². The summed E-state index contributed by atoms with van der Waals surface area (Å²) in [5.41, 5.74) is 0.771. The summed E-state index contributed by atoms with van der Waals surface area (Å²) in [5, 5.41) is 2.82. The standard InChI is InChI=1S/C21H28N2O5/c1-27-20(25)16-9-17(21(26)28-2)11-18(10-16)22-19(24)13-23-8-7-14-5-3-4-6-15(14)12-23/h9-11,14-15H,3-8,12-13H2,1-2H3,(H,22,24)/p+1/t14-,15+/m0/s1. The summed E-state index contributed by atoms with van der Waals surface area (Å²) in [7, 11) is 2.54. The summed E-state index contributed by atoms with van der Waals surface area (Å²) in [6.45, 7) is 2.46. The second-order valence-corrected chi connectivity index (χ2v) is 7.80. The number of nitrogens with one attached hydrogen (secondary N) is 2. The predicted molar refractivity (Wildman–Crippen MR) is 103 cm³/mol. The molecule has 3 atom stereocenters. The molecule has 1 heterocycles. The Hall–Kier alpha value is -2.41. The van der Waals surface area contributed by atoms with E-state index in [1.165, 1.54) is 69.4 Å². The van der Waals surface area contributed by atoms with Gasteiger partial charge in [-0.15, -0.1) is 0 Å². The number of carbonyl (C=O) groups excluding carboxylic acids is 3. The molecular weight excluding hydrogens is 360 g/mol. The second-order valence-electron chi connectivity index (χ2n) is 7.80. The van der Waals surface area contributed by atoms with Crippen LogP contribution in [0.25, 0.3) is 0 Å². The van der Waals surface area contributed by atoms with Crippen LogP contribution in [0.2, 0.25) is 0 Å². The lowest BCUT2D eigenvalue weighted by atomic mass is 9.75. The first kappa shape index (κ1) is 20.3. The Kier molecular flexibility index (Phi) is 6.67. The molecular formula is C21H29N2O5+. The van der Waals surface area contributed by atoms with Crippen molar-refractivity contribution in [1.82, 2.24) is 0 Å². The minimum absolute atomic E-state index is 0.123. The van der Waals surface area contributed by atoms with Crippen LogP contribution in [0.1, 0.15) is 52.8 Å². The summed E-state index contributed by atoms with van der Waals surface area (Å²) in [6, 6.07) is 4.42. The number of ether oxygens (including phenoxy) is 2. The summed E-state index contributed by atoms with van der Waals surface area (Å²) < 4.78 is 9.46. The van der Waals surface area contributed by atoms with Gasteiger partial charge in [0.05, 0.1) is 38.4 Å². The number of piperidine rings is 1. The summed E-state index contributed by atoms with van der Waals surface area (Å²) >= 11 is 0. The molecule has 3 rings (SSSR count). The first-order valence-corrected chi connectivity index (χ1v) is 9.95. The maximum Gasteiger partial charge on any atom is 0.337 e. The number of hydrogen-bond acceptors (Lipinski definition) is 5. The fourth-order valence-electron chi connectivity index (χ4n) is 4.56. The molecule has 7 nitrogen and oxygen atoms in total. The third kappa shape index (κ3) is 4.90. The van der Waals surface area contributed by atoms with E-state index in [0.29, 0.717) is 12.2 Å². The molecule has 1 unspecified atom stereocenters. The van der Waals surface area contributed by atoms with Gasteiger partial charge < -0.3 is 19.7 Å². The van der Waals surface area contributed by atoms with Crippen molar-refractivity contribution >= 4 is 23.5 Å². The molecule has 7 heteroatoms. The van der Waals surface area contributed by atoms with Crippen LogP contribution in [0.4, 0.5) is 5.69 Å². The van der Waals surface area contributed by atoms with E-state index in [1.54, 1.807) is 0 Å². The van der Waals surface area contributed by atoms with Crippen molar-refractivity contribution < 1.29 is 28.8 Å². The first-order chi connectivity index (χ1) is 13.5. The van der Waals surface area contributed by atoms with Gasteiger partial charge in [0.25, 0.3) is 5.91 Å². The number of fused-ring (bicyclic) bond motifs is 1. The smallest absolute Gasteiger partial charge is 0.337 e. The van der Waals surface area contributed by atoms with Crippen LogP contribution in [-0.2, 0) is 14.3 Å². The van der Waals surface area contributed by atoms with Gasteiger partial charge in [-0.05, 0) is 43.4 Å². The van der Waals surface area contributed by atoms with Gasteiger partial charge in [0, 0.05) is 11.6 Å². The van der Waals surface area contributed by atoms with Crippen LogP contribution < -0.4 is 10.2 Å². The van der Waals surface area contributed by atoms with E-state index < -0.39 is 11.9 Å². The maximum absolute atomic E-state index is 12.6. The number of hydrogen-bond donors (Lipinski definition) is 2. The molecule has 1 aromatic carbocycles. The molecule has 1 saturated heterocycles. The molecule has 1 saturated carbocycles. The van der Waals surface area contributed by atoms with Crippen LogP contribution in [0.15, 0.2) is 18.2 Å². The van der Waals surface area contributed by atoms with E-state index in [2.05, 4.69) is 5.32 Å². The predicted octanol–water partition coefficient (Wildman–Crippen LogP) is 1.29. The molecule has 2 fully saturated rings. The molecule has 1 aliphatic heterocycles. The lowest BCUT2D eigenvalue weighted by molar-refractivity contribution is -0.902. The van der Waals surface area contributed by atoms with Crippen LogP contribution in [0.3, 0.4) is 0 Å². The number of amides is 1. The number of methoxy groups -OCH3 is 2. The topological polar surface area (TPSA) is 86.1 Å². The third-order valence-corrected chi connectivity index (χ3v) is 5.96. The minimum Gasteiger partial charge on any atom is -0.465 e. The summed E-state index contributed by atoms with van der Waals surface area (Å²) in [5.74, 6) is 0.290. The Morgan fingerprint density at radius 1 is 0.964 bits per heavy atom. The van der Waals surface area contributed by atoms with Gasteiger partial charge in [0.1, 0.15) is 0 Å². The minimum atomic E-state index is -0.578. The zero-order valence-corrected chi connectivity index (χ0v) is 16.6. The van der Waals surface area contributed by atoms with Gasteiger partial charge in [-0.1, -0.05) is 12.8 Å². The quantitative estimate of drug-likeness (QED) is 0.742. The van der Waals surface area contributed by atoms with Crippen LogP contribution in [0.5, 0.6) is 0 Å². The van der Waals surface area contributed by atoms with Crippen molar-refractivity contribution in [3.05, 3.63) is 29.3 Å². The van der Waals surface area contributed by atoms with Gasteiger partial charge in [0.15, 0.2) is 6.54 Å². The Labute approximate surface area is 165 Å². The zero-order chi connectivity index (χ0) is 20.1. The largest absolute Gasteiger partial charge is 0.465 e. The van der Waals surface area contributed by atoms with Crippen molar-refractivity contribution in [2.45, 2.75) is 32.1 Å². The highest BCUT2D eigenvalue weighted by molar-refractivity contribution is 5.99. The molecule has 0 spiro atoms. The lowest BCUT2D eigenvalue weighted by Gasteiger charge is -2.38. The number of carbonyl (C=O) groups is 3. The Balaban J connectivity index is 1.65. The van der Waals surface area contributed by atoms with Crippen molar-refractivity contribution in [3.8, 4) is 0 Å². The van der Waals surface area contributed by atoms with Crippen molar-refractivity contribution in [2.24, 2.45) is 11.8 Å². The first-order valence-electron chi connectivity index (χ1n) is 9.95. The molecule has 0 aromatic heterocycles. The third-order valence-electron chi connectivity index (χ3n) is 5.96. The Morgan fingerprint density at radius 2 is 1.57 bits per heavy atom. The molecule has 1 aromatic rings. The van der Waals surface area contributed by atoms with Crippen molar-refractivity contribution in [1.29, 1.82) is 0 Å². The number of likely N-dealkylation sites (tertiary alicyclic amines) is 1. The highest BCUT2D eigenvalue weighted by Crippen LogP contribution is 2.32. The van der Waals surface area contributed by atoms with Crippen LogP contribution >= 0.6 is 0 Å². The molecule has 0 radical (unpaired) electrons. The van der Waals surface area contributed by atoms with E-state index in [1.807, 2.05) is 0 Å². The summed E-state index contributed by atoms with van der Waals surface area (Å²) in [6.07, 6.45) is 6.45. The molecule has 28 heavy (non-hydrogen) atoms. The van der Waals surface area contributed by atoms with E-state index in [0.717, 1.165) is 24.9 Å². The van der Waals surface area contributed by atoms with E-state index in [-0.39, 0.29) is 17.0 Å². The molecule has 2 aliphatic rings. The fraction of sp³-hybridized carbons (Fsp3) is 0.571. The fourth-order valence-corrected chi connectivity index (χ4v) is 4.56. The van der Waals surface area contributed by atoms with Gasteiger partial charge in [0.2, 0.25) is 0 Å². The molecule has 152 valence electrons. The maximum atomic E-state index is 12.6. The second kappa shape index (κ2) is 9.19. The average Bonchev–Trinajstić information content (AvgIpc) is 2.72. The normalized spacial score (nSPS) is 24.0. The van der Waals surface area contributed by atoms with Crippen molar-refractivity contribution in [2.75, 3.05) is 39.2 Å². The van der Waals surface area contributed by atoms with Crippen LogP contribution in [-0.4, -0.2) is 51.7 Å². The number of esters is 2. The monoisotopic (exact) mass is 389 g/mol. The SMILES string of the molecule is COC(=O)c1cc(NC(=O)C[NH+]2CC[C@@H]3CCCC[C@@H]3C2)cc(C(=O)OC)c1. The van der Waals surface area contributed by atoms with Gasteiger partial charge in [-0.2, -0.15) is 0 Å². The molecule has 1 amide bonds. The highest BCUT2D eigenvalue weighted by atomic mass is 16.5. The van der Waals surface area contributed by atoms with E-state index in [4.69, 9.17) is 9.47 Å². The Morgan fingerprint density at radius 3 is 2.18 bits per heavy atom. The van der Waals surface area contributed by atoms with Gasteiger partial charge in [-0.3, -0.25) is 4.79 Å². The average molecular weight is 389 g/mol. The molecule has 2 N–H and O–H groups in total. The summed E-state index contributed by atoms with van der Waals surface area (Å²) in [4.78, 5) is 37.6. The molecule has 0 bridgehead atoms. The number of anilines is 1. The number of quaternary nitrogens is 1. The van der Waals surface area contributed by atoms with Crippen LogP contribution in [0, 0.1) is 11.8 Å². The van der Waals surface area contributed by atoms with Gasteiger partial charge >= 0.3 is 11.9 Å². The van der Waals surface area contributed by atoms with Gasteiger partial charge in [-0.25, -0.2) is 9.59 Å². The number of benzene rings is 1. The van der Waals surface area contributed by atoms with E-state index >= 15 is 0 Å². The molecule has 1 aliphatic carbocycles. The zero-order valence-electron chi connectivity index (χ0n) is 16.6.